The van der Waals surface area contributed by atoms with Crippen molar-refractivity contribution >= 4 is 17.2 Å². The van der Waals surface area contributed by atoms with Crippen LogP contribution in [0, 0.1) is 6.92 Å². The summed E-state index contributed by atoms with van der Waals surface area (Å²) < 4.78 is 7.46. The number of fused-ring (bicyclic) bond motifs is 2. The minimum Gasteiger partial charge on any atom is -0.482 e. The molecule has 1 amide bonds. The predicted octanol–water partition coefficient (Wildman–Crippen LogP) is 2.66. The van der Waals surface area contributed by atoms with Crippen molar-refractivity contribution < 1.29 is 9.53 Å². The van der Waals surface area contributed by atoms with Gasteiger partial charge in [-0.3, -0.25) is 4.79 Å². The summed E-state index contributed by atoms with van der Waals surface area (Å²) in [5, 5.41) is 0. The van der Waals surface area contributed by atoms with Crippen LogP contribution in [0.1, 0.15) is 5.56 Å². The van der Waals surface area contributed by atoms with Gasteiger partial charge in [0, 0.05) is 25.0 Å². The third-order valence-electron chi connectivity index (χ3n) is 3.94. The maximum Gasteiger partial charge on any atom is 0.264 e. The van der Waals surface area contributed by atoms with Crippen molar-refractivity contribution in [2.75, 3.05) is 18.6 Å². The molecule has 0 unspecified atom stereocenters. The number of hydrogen-bond donors (Lipinski definition) is 0. The van der Waals surface area contributed by atoms with Crippen LogP contribution >= 0.6 is 0 Å². The van der Waals surface area contributed by atoms with E-state index in [9.17, 15) is 4.79 Å². The summed E-state index contributed by atoms with van der Waals surface area (Å²) in [7, 11) is 1.76. The molecule has 110 valence electrons. The largest absolute Gasteiger partial charge is 0.482 e. The molecular formula is C17H15N3O2. The number of amides is 1. The molecule has 0 bridgehead atoms. The molecule has 22 heavy (non-hydrogen) atoms. The van der Waals surface area contributed by atoms with E-state index in [0.717, 1.165) is 28.3 Å². The summed E-state index contributed by atoms with van der Waals surface area (Å²) >= 11 is 0. The summed E-state index contributed by atoms with van der Waals surface area (Å²) in [6.07, 6.45) is 4.04. The summed E-state index contributed by atoms with van der Waals surface area (Å²) in [5.74, 6) is 0.681. The Hall–Kier alpha value is -2.82. The second-order valence-corrected chi connectivity index (χ2v) is 5.52. The normalized spacial score (nSPS) is 14.1. The number of ether oxygens (including phenoxy) is 1. The first-order chi connectivity index (χ1) is 10.6. The number of benzene rings is 1. The number of imidazole rings is 1. The summed E-state index contributed by atoms with van der Waals surface area (Å²) in [6, 6.07) is 9.84. The van der Waals surface area contributed by atoms with E-state index in [1.54, 1.807) is 11.9 Å². The van der Waals surface area contributed by atoms with Crippen LogP contribution in [0.2, 0.25) is 0 Å². The maximum absolute atomic E-state index is 11.8. The zero-order valence-electron chi connectivity index (χ0n) is 12.4. The van der Waals surface area contributed by atoms with Crippen molar-refractivity contribution in [1.29, 1.82) is 0 Å². The van der Waals surface area contributed by atoms with Crippen LogP contribution < -0.4 is 9.64 Å². The lowest BCUT2D eigenvalue weighted by molar-refractivity contribution is -0.120. The fourth-order valence-corrected chi connectivity index (χ4v) is 2.67. The van der Waals surface area contributed by atoms with Crippen LogP contribution in [0.15, 0.2) is 42.7 Å². The topological polar surface area (TPSA) is 46.8 Å². The number of anilines is 1. The number of rotatable bonds is 1. The number of nitrogens with zero attached hydrogens (tertiary/aromatic N) is 3. The first-order valence-electron chi connectivity index (χ1n) is 7.11. The molecule has 0 atom stereocenters. The number of aryl methyl sites for hydroxylation is 1. The fourth-order valence-electron chi connectivity index (χ4n) is 2.67. The van der Waals surface area contributed by atoms with E-state index in [-0.39, 0.29) is 12.5 Å². The van der Waals surface area contributed by atoms with Crippen molar-refractivity contribution in [3.63, 3.8) is 0 Å². The third kappa shape index (κ3) is 1.94. The maximum atomic E-state index is 11.8. The molecule has 0 fully saturated rings. The average Bonchev–Trinajstić information content (AvgIpc) is 2.94. The Morgan fingerprint density at radius 1 is 1.18 bits per heavy atom. The van der Waals surface area contributed by atoms with Gasteiger partial charge >= 0.3 is 0 Å². The first-order valence-corrected chi connectivity index (χ1v) is 7.11. The fraction of sp³-hybridized carbons (Fsp3) is 0.176. The summed E-state index contributed by atoms with van der Waals surface area (Å²) in [4.78, 5) is 18.0. The molecule has 0 N–H and O–H groups in total. The molecule has 1 aromatic carbocycles. The van der Waals surface area contributed by atoms with Crippen molar-refractivity contribution in [2.45, 2.75) is 6.92 Å². The lowest BCUT2D eigenvalue weighted by Gasteiger charge is -2.26. The third-order valence-corrected chi connectivity index (χ3v) is 3.94. The van der Waals surface area contributed by atoms with E-state index in [1.807, 2.05) is 47.1 Å². The molecule has 0 saturated carbocycles. The lowest BCUT2D eigenvalue weighted by Crippen LogP contribution is -2.35. The molecule has 0 radical (unpaired) electrons. The van der Waals surface area contributed by atoms with Crippen LogP contribution in [0.25, 0.3) is 16.9 Å². The van der Waals surface area contributed by atoms with E-state index in [2.05, 4.69) is 11.9 Å². The highest BCUT2D eigenvalue weighted by Gasteiger charge is 2.22. The van der Waals surface area contributed by atoms with Crippen molar-refractivity contribution in [1.82, 2.24) is 9.38 Å². The molecule has 3 heterocycles. The first kappa shape index (κ1) is 12.9. The molecule has 4 rings (SSSR count). The number of pyridine rings is 1. The zero-order chi connectivity index (χ0) is 15.3. The van der Waals surface area contributed by atoms with Gasteiger partial charge in [-0.25, -0.2) is 4.98 Å². The zero-order valence-corrected chi connectivity index (χ0v) is 12.4. The van der Waals surface area contributed by atoms with Gasteiger partial charge in [-0.05, 0) is 36.8 Å². The van der Waals surface area contributed by atoms with Gasteiger partial charge in [0.2, 0.25) is 0 Å². The predicted molar refractivity (Wildman–Crippen MR) is 84.3 cm³/mol. The van der Waals surface area contributed by atoms with Gasteiger partial charge in [-0.15, -0.1) is 0 Å². The minimum absolute atomic E-state index is 0.0460. The van der Waals surface area contributed by atoms with E-state index in [4.69, 9.17) is 4.74 Å². The van der Waals surface area contributed by atoms with Crippen LogP contribution in [0.5, 0.6) is 5.75 Å². The molecule has 0 spiro atoms. The van der Waals surface area contributed by atoms with Crippen LogP contribution in [0.4, 0.5) is 5.69 Å². The van der Waals surface area contributed by atoms with Gasteiger partial charge in [0.25, 0.3) is 5.91 Å². The molecule has 0 saturated heterocycles. The Bertz CT molecular complexity index is 898. The molecule has 2 aromatic heterocycles. The highest BCUT2D eigenvalue weighted by Crippen LogP contribution is 2.35. The number of aromatic nitrogens is 2. The van der Waals surface area contributed by atoms with Crippen LogP contribution in [-0.4, -0.2) is 28.9 Å². The van der Waals surface area contributed by atoms with Gasteiger partial charge < -0.3 is 14.0 Å². The van der Waals surface area contributed by atoms with Crippen molar-refractivity contribution in [3.8, 4) is 17.0 Å². The SMILES string of the molecule is Cc1ccc2nc(-c3ccc4c(c3)N(C)C(=O)CO4)cn2c1. The lowest BCUT2D eigenvalue weighted by atomic mass is 10.1. The molecule has 3 aromatic rings. The minimum atomic E-state index is -0.0460. The van der Waals surface area contributed by atoms with Crippen molar-refractivity contribution in [3.05, 3.63) is 48.3 Å². The Kier molecular flexibility index (Phi) is 2.69. The van der Waals surface area contributed by atoms with Gasteiger partial charge in [0.1, 0.15) is 11.4 Å². The molecule has 5 heteroatoms. The van der Waals surface area contributed by atoms with E-state index in [1.165, 1.54) is 5.56 Å². The summed E-state index contributed by atoms with van der Waals surface area (Å²) in [5.41, 5.74) is 4.70. The quantitative estimate of drug-likeness (QED) is 0.693. The molecule has 0 aliphatic carbocycles. The van der Waals surface area contributed by atoms with Crippen LogP contribution in [-0.2, 0) is 4.79 Å². The Morgan fingerprint density at radius 3 is 2.91 bits per heavy atom. The number of hydrogen-bond acceptors (Lipinski definition) is 3. The highest BCUT2D eigenvalue weighted by atomic mass is 16.5. The van der Waals surface area contributed by atoms with Gasteiger partial charge in [0.05, 0.1) is 11.4 Å². The number of carbonyl (C=O) groups is 1. The Morgan fingerprint density at radius 2 is 2.05 bits per heavy atom. The average molecular weight is 293 g/mol. The van der Waals surface area contributed by atoms with E-state index < -0.39 is 0 Å². The van der Waals surface area contributed by atoms with E-state index in [0.29, 0.717) is 0 Å². The molecule has 5 nitrogen and oxygen atoms in total. The number of carbonyl (C=O) groups excluding carboxylic acids is 1. The molecule has 1 aliphatic heterocycles. The van der Waals surface area contributed by atoms with Gasteiger partial charge in [-0.1, -0.05) is 6.07 Å². The van der Waals surface area contributed by atoms with Gasteiger partial charge in [0.15, 0.2) is 6.61 Å². The van der Waals surface area contributed by atoms with Crippen LogP contribution in [0.3, 0.4) is 0 Å². The van der Waals surface area contributed by atoms with E-state index >= 15 is 0 Å². The molecule has 1 aliphatic rings. The van der Waals surface area contributed by atoms with Crippen molar-refractivity contribution in [2.24, 2.45) is 0 Å². The number of likely N-dealkylation sites (N-methyl/N-ethyl adjacent to an activating group) is 1. The van der Waals surface area contributed by atoms with Gasteiger partial charge in [-0.2, -0.15) is 0 Å². The summed E-state index contributed by atoms with van der Waals surface area (Å²) in [6.45, 7) is 2.15. The second-order valence-electron chi connectivity index (χ2n) is 5.52. The standard InChI is InChI=1S/C17H15N3O2/c1-11-3-6-16-18-13(9-20(16)8-11)12-4-5-15-14(7-12)19(2)17(21)10-22-15/h3-9H,10H2,1-2H3. The molecular weight excluding hydrogens is 278 g/mol. The second kappa shape index (κ2) is 4.59. The Labute approximate surface area is 127 Å². The smallest absolute Gasteiger partial charge is 0.264 e. The Balaban J connectivity index is 1.83. The monoisotopic (exact) mass is 293 g/mol. The highest BCUT2D eigenvalue weighted by molar-refractivity contribution is 5.98.